The molecule has 1 fully saturated rings. The predicted octanol–water partition coefficient (Wildman–Crippen LogP) is 4.11. The Morgan fingerprint density at radius 1 is 1.05 bits per heavy atom. The van der Waals surface area contributed by atoms with Crippen LogP contribution in [-0.2, 0) is 26.2 Å². The SMILES string of the molecule is CC[C@H](C(=O)NC1CCCC1)N(Cc1ccccc1)C(=O)CCCN(c1ccccc1OC)S(C)(=O)=O. The summed E-state index contributed by atoms with van der Waals surface area (Å²) in [6.45, 7) is 2.35. The second-order valence-corrected chi connectivity index (χ2v) is 11.4. The van der Waals surface area contributed by atoms with E-state index >= 15 is 0 Å². The predicted molar refractivity (Wildman–Crippen MR) is 146 cm³/mol. The molecule has 0 bridgehead atoms. The van der Waals surface area contributed by atoms with Gasteiger partial charge in [-0.25, -0.2) is 8.42 Å². The van der Waals surface area contributed by atoms with E-state index in [1.807, 2.05) is 37.3 Å². The number of benzene rings is 2. The Hall–Kier alpha value is -3.07. The summed E-state index contributed by atoms with van der Waals surface area (Å²) in [5.74, 6) is 0.149. The summed E-state index contributed by atoms with van der Waals surface area (Å²) in [6.07, 6.45) is 6.21. The molecular formula is C28H39N3O5S. The molecule has 0 saturated heterocycles. The number of nitrogens with one attached hydrogen (secondary N) is 1. The van der Waals surface area contributed by atoms with Crippen molar-refractivity contribution in [2.75, 3.05) is 24.2 Å². The Morgan fingerprint density at radius 2 is 1.70 bits per heavy atom. The van der Waals surface area contributed by atoms with Crippen LogP contribution in [0.15, 0.2) is 54.6 Å². The summed E-state index contributed by atoms with van der Waals surface area (Å²) in [7, 11) is -2.11. The molecule has 9 heteroatoms. The smallest absolute Gasteiger partial charge is 0.243 e. The van der Waals surface area contributed by atoms with Gasteiger partial charge in [-0.2, -0.15) is 0 Å². The van der Waals surface area contributed by atoms with Crippen molar-refractivity contribution in [3.05, 3.63) is 60.2 Å². The molecule has 0 radical (unpaired) electrons. The van der Waals surface area contributed by atoms with Crippen molar-refractivity contribution in [1.29, 1.82) is 0 Å². The van der Waals surface area contributed by atoms with Crippen LogP contribution in [0, 0.1) is 0 Å². The lowest BCUT2D eigenvalue weighted by molar-refractivity contribution is -0.141. The number of anilines is 1. The third-order valence-electron chi connectivity index (χ3n) is 6.79. The molecule has 0 aromatic heterocycles. The molecule has 1 N–H and O–H groups in total. The minimum absolute atomic E-state index is 0.112. The van der Waals surface area contributed by atoms with Gasteiger partial charge in [-0.15, -0.1) is 0 Å². The fourth-order valence-corrected chi connectivity index (χ4v) is 5.85. The molecule has 0 heterocycles. The van der Waals surface area contributed by atoms with Gasteiger partial charge in [-0.1, -0.05) is 62.2 Å². The lowest BCUT2D eigenvalue weighted by Gasteiger charge is -2.32. The molecule has 2 aromatic carbocycles. The first-order valence-corrected chi connectivity index (χ1v) is 14.8. The summed E-state index contributed by atoms with van der Waals surface area (Å²) in [6, 6.07) is 16.1. The highest BCUT2D eigenvalue weighted by Gasteiger charge is 2.31. The lowest BCUT2D eigenvalue weighted by Crippen LogP contribution is -2.51. The number of carbonyl (C=O) groups is 2. The third kappa shape index (κ3) is 7.95. The van der Waals surface area contributed by atoms with Gasteiger partial charge in [0.15, 0.2) is 0 Å². The molecule has 1 aliphatic carbocycles. The Kier molecular flexibility index (Phi) is 10.4. The molecule has 1 aliphatic rings. The van der Waals surface area contributed by atoms with Crippen LogP contribution < -0.4 is 14.4 Å². The van der Waals surface area contributed by atoms with E-state index < -0.39 is 16.1 Å². The van der Waals surface area contributed by atoms with E-state index in [1.165, 1.54) is 11.4 Å². The normalized spacial score (nSPS) is 14.7. The maximum atomic E-state index is 13.5. The molecule has 3 rings (SSSR count). The van der Waals surface area contributed by atoms with Crippen molar-refractivity contribution < 1.29 is 22.7 Å². The average molecular weight is 530 g/mol. The Labute approximate surface area is 221 Å². The van der Waals surface area contributed by atoms with Crippen LogP contribution in [0.4, 0.5) is 5.69 Å². The number of ether oxygens (including phenoxy) is 1. The minimum atomic E-state index is -3.60. The maximum Gasteiger partial charge on any atom is 0.243 e. The average Bonchev–Trinajstić information content (AvgIpc) is 3.39. The van der Waals surface area contributed by atoms with Gasteiger partial charge in [-0.3, -0.25) is 13.9 Å². The van der Waals surface area contributed by atoms with Crippen molar-refractivity contribution in [3.8, 4) is 5.75 Å². The second-order valence-electron chi connectivity index (χ2n) is 9.53. The first kappa shape index (κ1) is 28.5. The maximum absolute atomic E-state index is 13.5. The zero-order chi connectivity index (χ0) is 26.8. The Morgan fingerprint density at radius 3 is 2.32 bits per heavy atom. The lowest BCUT2D eigenvalue weighted by atomic mass is 10.1. The highest BCUT2D eigenvalue weighted by Crippen LogP contribution is 2.30. The van der Waals surface area contributed by atoms with Crippen molar-refractivity contribution >= 4 is 27.5 Å². The van der Waals surface area contributed by atoms with Crippen LogP contribution >= 0.6 is 0 Å². The molecule has 0 unspecified atom stereocenters. The van der Waals surface area contributed by atoms with Crippen molar-refractivity contribution in [2.45, 2.75) is 70.5 Å². The molecule has 8 nitrogen and oxygen atoms in total. The number of rotatable bonds is 13. The number of hydrogen-bond donors (Lipinski definition) is 1. The van der Waals surface area contributed by atoms with E-state index in [0.29, 0.717) is 30.8 Å². The second kappa shape index (κ2) is 13.5. The van der Waals surface area contributed by atoms with Crippen molar-refractivity contribution in [3.63, 3.8) is 0 Å². The summed E-state index contributed by atoms with van der Waals surface area (Å²) in [4.78, 5) is 28.4. The monoisotopic (exact) mass is 529 g/mol. The molecule has 1 saturated carbocycles. The van der Waals surface area contributed by atoms with Crippen LogP contribution in [0.3, 0.4) is 0 Å². The molecule has 1 atom stereocenters. The number of nitrogens with zero attached hydrogens (tertiary/aromatic N) is 2. The standard InChI is InChI=1S/C28H39N3O5S/c1-4-24(28(33)29-23-15-8-9-16-23)30(21-22-13-6-5-7-14-22)27(32)19-12-20-31(37(3,34)35)25-17-10-11-18-26(25)36-2/h5-7,10-11,13-14,17-18,23-24H,4,8-9,12,15-16,19-21H2,1-3H3,(H,29,33)/t24-/m1/s1. The van der Waals surface area contributed by atoms with Gasteiger partial charge in [-0.05, 0) is 43.4 Å². The van der Waals surface area contributed by atoms with Crippen LogP contribution in [-0.4, -0.2) is 57.1 Å². The fraction of sp³-hybridized carbons (Fsp3) is 0.500. The Bertz CT molecular complexity index is 1130. The van der Waals surface area contributed by atoms with Gasteiger partial charge >= 0.3 is 0 Å². The first-order valence-electron chi connectivity index (χ1n) is 13.0. The van der Waals surface area contributed by atoms with Gasteiger partial charge in [0.25, 0.3) is 0 Å². The zero-order valence-electron chi connectivity index (χ0n) is 22.1. The minimum Gasteiger partial charge on any atom is -0.495 e. The van der Waals surface area contributed by atoms with Crippen molar-refractivity contribution in [1.82, 2.24) is 10.2 Å². The van der Waals surface area contributed by atoms with Gasteiger partial charge in [0, 0.05) is 25.6 Å². The number of hydrogen-bond acceptors (Lipinski definition) is 5. The van der Waals surface area contributed by atoms with Gasteiger partial charge in [0.05, 0.1) is 19.1 Å². The topological polar surface area (TPSA) is 96.0 Å². The number of para-hydroxylation sites is 2. The zero-order valence-corrected chi connectivity index (χ0v) is 22.9. The van der Waals surface area contributed by atoms with Gasteiger partial charge < -0.3 is 15.0 Å². The number of sulfonamides is 1. The molecular weight excluding hydrogens is 490 g/mol. The molecule has 0 aliphatic heterocycles. The van der Waals surface area contributed by atoms with E-state index in [1.54, 1.807) is 29.2 Å². The third-order valence-corrected chi connectivity index (χ3v) is 7.97. The summed E-state index contributed by atoms with van der Waals surface area (Å²) >= 11 is 0. The van der Waals surface area contributed by atoms with Crippen LogP contribution in [0.2, 0.25) is 0 Å². The molecule has 2 aromatic rings. The van der Waals surface area contributed by atoms with Crippen LogP contribution in [0.1, 0.15) is 57.4 Å². The van der Waals surface area contributed by atoms with Gasteiger partial charge in [0.2, 0.25) is 21.8 Å². The van der Waals surface area contributed by atoms with Gasteiger partial charge in [0.1, 0.15) is 11.8 Å². The van der Waals surface area contributed by atoms with Crippen LogP contribution in [0.25, 0.3) is 0 Å². The van der Waals surface area contributed by atoms with E-state index in [4.69, 9.17) is 4.74 Å². The fourth-order valence-electron chi connectivity index (χ4n) is 4.89. The van der Waals surface area contributed by atoms with E-state index in [2.05, 4.69) is 5.32 Å². The summed E-state index contributed by atoms with van der Waals surface area (Å²) < 4.78 is 31.8. The number of carbonyl (C=O) groups excluding carboxylic acids is 2. The highest BCUT2D eigenvalue weighted by molar-refractivity contribution is 7.92. The van der Waals surface area contributed by atoms with E-state index in [0.717, 1.165) is 37.5 Å². The van der Waals surface area contributed by atoms with E-state index in [9.17, 15) is 18.0 Å². The van der Waals surface area contributed by atoms with Crippen LogP contribution in [0.5, 0.6) is 5.75 Å². The highest BCUT2D eigenvalue weighted by atomic mass is 32.2. The first-order chi connectivity index (χ1) is 17.7. The molecule has 202 valence electrons. The molecule has 2 amide bonds. The molecule has 37 heavy (non-hydrogen) atoms. The number of methoxy groups -OCH3 is 1. The quantitative estimate of drug-likeness (QED) is 0.421. The van der Waals surface area contributed by atoms with E-state index in [-0.39, 0.29) is 30.8 Å². The number of amides is 2. The largest absolute Gasteiger partial charge is 0.495 e. The summed E-state index contributed by atoms with van der Waals surface area (Å²) in [5.41, 5.74) is 1.37. The summed E-state index contributed by atoms with van der Waals surface area (Å²) in [5, 5.41) is 3.15. The Balaban J connectivity index is 1.75. The van der Waals surface area contributed by atoms with Crippen molar-refractivity contribution in [2.24, 2.45) is 0 Å². The molecule has 0 spiro atoms.